The fourth-order valence-electron chi connectivity index (χ4n) is 5.08. The van der Waals surface area contributed by atoms with Crippen molar-refractivity contribution in [3.63, 3.8) is 0 Å². The zero-order chi connectivity index (χ0) is 28.1. The van der Waals surface area contributed by atoms with Gasteiger partial charge in [0.1, 0.15) is 12.1 Å². The molecule has 0 aliphatic carbocycles. The molecule has 1 amide bonds. The number of carbonyl (C=O) groups is 3. The SMILES string of the molecule is CC(=O)N[C@@H]1[C@@H](OC(C)=O)[C@H](OC(C)=O)[C@@H](CO[Si](c2ccccc2)(c2ccccc2)C(C)(C)C)O[C@@H]1O. The molecule has 3 rings (SSSR count). The Morgan fingerprint density at radius 1 is 0.868 bits per heavy atom. The number of aliphatic hydroxyl groups is 1. The second kappa shape index (κ2) is 12.2. The first-order valence-corrected chi connectivity index (χ1v) is 14.5. The van der Waals surface area contributed by atoms with Crippen LogP contribution in [0.15, 0.2) is 60.7 Å². The molecule has 2 aromatic carbocycles. The van der Waals surface area contributed by atoms with Gasteiger partial charge in [-0.3, -0.25) is 14.4 Å². The van der Waals surface area contributed by atoms with Gasteiger partial charge in [-0.25, -0.2) is 0 Å². The minimum atomic E-state index is -3.00. The number of ether oxygens (including phenoxy) is 3. The number of benzene rings is 2. The molecule has 9 nitrogen and oxygen atoms in total. The molecule has 1 saturated heterocycles. The molecule has 10 heteroatoms. The summed E-state index contributed by atoms with van der Waals surface area (Å²) in [7, 11) is -3.00. The molecule has 2 aromatic rings. The average Bonchev–Trinajstić information content (AvgIpc) is 2.83. The van der Waals surface area contributed by atoms with E-state index in [1.165, 1.54) is 20.8 Å². The van der Waals surface area contributed by atoms with Gasteiger partial charge in [-0.1, -0.05) is 81.4 Å². The number of nitrogens with one attached hydrogen (secondary N) is 1. The van der Waals surface area contributed by atoms with E-state index in [-0.39, 0.29) is 11.6 Å². The van der Waals surface area contributed by atoms with Crippen LogP contribution >= 0.6 is 0 Å². The predicted molar refractivity (Wildman–Crippen MR) is 143 cm³/mol. The molecule has 206 valence electrons. The van der Waals surface area contributed by atoms with Gasteiger partial charge in [-0.2, -0.15) is 0 Å². The number of hydrogen-bond donors (Lipinski definition) is 2. The minimum Gasteiger partial charge on any atom is -0.456 e. The lowest BCUT2D eigenvalue weighted by atomic mass is 9.96. The number of amides is 1. The van der Waals surface area contributed by atoms with Crippen LogP contribution in [-0.2, 0) is 33.0 Å². The summed E-state index contributed by atoms with van der Waals surface area (Å²) in [5, 5.41) is 15.1. The van der Waals surface area contributed by atoms with Gasteiger partial charge in [-0.05, 0) is 15.4 Å². The zero-order valence-electron chi connectivity index (χ0n) is 22.7. The van der Waals surface area contributed by atoms with Crippen LogP contribution in [0.2, 0.25) is 5.04 Å². The molecule has 5 atom stereocenters. The predicted octanol–water partition coefficient (Wildman–Crippen LogP) is 1.65. The monoisotopic (exact) mass is 543 g/mol. The van der Waals surface area contributed by atoms with Crippen molar-refractivity contribution in [2.75, 3.05) is 6.61 Å². The van der Waals surface area contributed by atoms with Crippen molar-refractivity contribution < 1.29 is 38.1 Å². The van der Waals surface area contributed by atoms with Crippen molar-refractivity contribution in [3.8, 4) is 0 Å². The van der Waals surface area contributed by atoms with Crippen molar-refractivity contribution in [1.82, 2.24) is 5.32 Å². The molecule has 0 aromatic heterocycles. The molecular formula is C28H37NO8Si. The second-order valence-electron chi connectivity index (χ2n) is 10.4. The molecule has 0 unspecified atom stereocenters. The van der Waals surface area contributed by atoms with E-state index in [4.69, 9.17) is 18.6 Å². The molecule has 0 radical (unpaired) electrons. The summed E-state index contributed by atoms with van der Waals surface area (Å²) in [5.74, 6) is -1.77. The summed E-state index contributed by atoms with van der Waals surface area (Å²) < 4.78 is 23.8. The van der Waals surface area contributed by atoms with Crippen molar-refractivity contribution in [1.29, 1.82) is 0 Å². The first-order chi connectivity index (χ1) is 17.9. The van der Waals surface area contributed by atoms with Gasteiger partial charge in [0.15, 0.2) is 18.5 Å². The van der Waals surface area contributed by atoms with Crippen LogP contribution in [0.1, 0.15) is 41.5 Å². The fourth-order valence-corrected chi connectivity index (χ4v) is 9.65. The van der Waals surface area contributed by atoms with Gasteiger partial charge in [-0.15, -0.1) is 0 Å². The van der Waals surface area contributed by atoms with E-state index in [0.717, 1.165) is 10.4 Å². The van der Waals surface area contributed by atoms with Crippen LogP contribution in [-0.4, -0.2) is 68.5 Å². The molecule has 0 saturated carbocycles. The Kier molecular flexibility index (Phi) is 9.48. The minimum absolute atomic E-state index is 0.0765. The van der Waals surface area contributed by atoms with Gasteiger partial charge in [0.25, 0.3) is 8.32 Å². The molecule has 0 spiro atoms. The molecule has 1 aliphatic rings. The second-order valence-corrected chi connectivity index (χ2v) is 14.7. The average molecular weight is 544 g/mol. The number of aliphatic hydroxyl groups excluding tert-OH is 1. The highest BCUT2D eigenvalue weighted by atomic mass is 28.4. The maximum Gasteiger partial charge on any atom is 0.303 e. The van der Waals surface area contributed by atoms with E-state index in [9.17, 15) is 19.5 Å². The van der Waals surface area contributed by atoms with Crippen LogP contribution in [0.4, 0.5) is 0 Å². The fraction of sp³-hybridized carbons (Fsp3) is 0.464. The zero-order valence-corrected chi connectivity index (χ0v) is 23.7. The van der Waals surface area contributed by atoms with E-state index in [2.05, 4.69) is 26.1 Å². The van der Waals surface area contributed by atoms with Gasteiger partial charge < -0.3 is 29.1 Å². The molecule has 38 heavy (non-hydrogen) atoms. The first-order valence-electron chi connectivity index (χ1n) is 12.6. The lowest BCUT2D eigenvalue weighted by molar-refractivity contribution is -0.262. The molecule has 1 aliphatic heterocycles. The summed E-state index contributed by atoms with van der Waals surface area (Å²) in [6.45, 7) is 9.97. The number of rotatable bonds is 8. The normalized spacial score (nSPS) is 23.8. The van der Waals surface area contributed by atoms with Crippen molar-refractivity contribution in [3.05, 3.63) is 60.7 Å². The van der Waals surface area contributed by atoms with Crippen molar-refractivity contribution in [2.45, 2.75) is 77.2 Å². The number of carbonyl (C=O) groups excluding carboxylic acids is 3. The Morgan fingerprint density at radius 3 is 1.76 bits per heavy atom. The topological polar surface area (TPSA) is 120 Å². The van der Waals surface area contributed by atoms with Crippen molar-refractivity contribution in [2.24, 2.45) is 0 Å². The summed E-state index contributed by atoms with van der Waals surface area (Å²) in [5.41, 5.74) is 0. The third kappa shape index (κ3) is 6.50. The Bertz CT molecular complexity index is 1070. The summed E-state index contributed by atoms with van der Waals surface area (Å²) >= 11 is 0. The Labute approximate surface area is 224 Å². The van der Waals surface area contributed by atoms with E-state index in [1.54, 1.807) is 0 Å². The van der Waals surface area contributed by atoms with E-state index in [0.29, 0.717) is 0 Å². The van der Waals surface area contributed by atoms with Crippen molar-refractivity contribution >= 4 is 36.5 Å². The van der Waals surface area contributed by atoms with Gasteiger partial charge in [0, 0.05) is 20.8 Å². The summed E-state index contributed by atoms with van der Waals surface area (Å²) in [4.78, 5) is 35.9. The van der Waals surface area contributed by atoms with E-state index in [1.807, 2.05) is 60.7 Å². The highest BCUT2D eigenvalue weighted by Crippen LogP contribution is 2.37. The third-order valence-corrected chi connectivity index (χ3v) is 11.5. The molecular weight excluding hydrogens is 506 g/mol. The lowest BCUT2D eigenvalue weighted by Gasteiger charge is -2.47. The van der Waals surface area contributed by atoms with Crippen LogP contribution < -0.4 is 15.7 Å². The largest absolute Gasteiger partial charge is 0.456 e. The Balaban J connectivity index is 2.06. The smallest absolute Gasteiger partial charge is 0.303 e. The van der Waals surface area contributed by atoms with Crippen LogP contribution in [0.5, 0.6) is 0 Å². The Hall–Kier alpha value is -3.05. The quantitative estimate of drug-likeness (QED) is 0.381. The number of esters is 2. The van der Waals surface area contributed by atoms with Gasteiger partial charge >= 0.3 is 11.9 Å². The number of hydrogen-bond acceptors (Lipinski definition) is 8. The van der Waals surface area contributed by atoms with Crippen LogP contribution in [0.3, 0.4) is 0 Å². The van der Waals surface area contributed by atoms with Gasteiger partial charge in [0.05, 0.1) is 6.61 Å². The Morgan fingerprint density at radius 2 is 1.34 bits per heavy atom. The molecule has 1 fully saturated rings. The van der Waals surface area contributed by atoms with Crippen LogP contribution in [0.25, 0.3) is 0 Å². The highest BCUT2D eigenvalue weighted by Gasteiger charge is 2.54. The molecule has 1 heterocycles. The summed E-state index contributed by atoms with van der Waals surface area (Å²) in [6.07, 6.45) is -4.88. The van der Waals surface area contributed by atoms with E-state index >= 15 is 0 Å². The molecule has 2 N–H and O–H groups in total. The first kappa shape index (κ1) is 29.5. The highest BCUT2D eigenvalue weighted by molar-refractivity contribution is 6.99. The maximum atomic E-state index is 12.1. The van der Waals surface area contributed by atoms with E-state index < -0.39 is 56.8 Å². The maximum absolute atomic E-state index is 12.1. The standard InChI is InChI=1S/C28H37NO8Si/c1-18(30)29-24-26(36-20(3)32)25(35-19(2)31)23(37-27(24)33)17-34-38(28(4,5)6,21-13-9-7-10-14-21)22-15-11-8-12-16-22/h7-16,23-27,33H,17H2,1-6H3,(H,29,30)/t23-,24-,25-,26-,27+/m1/s1. The summed E-state index contributed by atoms with van der Waals surface area (Å²) in [6, 6.07) is 18.8. The van der Waals surface area contributed by atoms with Gasteiger partial charge in [0.2, 0.25) is 5.91 Å². The van der Waals surface area contributed by atoms with Crippen LogP contribution in [0, 0.1) is 0 Å². The lowest BCUT2D eigenvalue weighted by Crippen LogP contribution is -2.69. The molecule has 0 bridgehead atoms. The third-order valence-electron chi connectivity index (χ3n) is 6.52.